The van der Waals surface area contributed by atoms with Crippen LogP contribution < -0.4 is 16.4 Å². The Morgan fingerprint density at radius 1 is 1.13 bits per heavy atom. The van der Waals surface area contributed by atoms with Crippen molar-refractivity contribution in [1.82, 2.24) is 30.3 Å². The highest BCUT2D eigenvalue weighted by Gasteiger charge is 2.32. The minimum absolute atomic E-state index is 0. The van der Waals surface area contributed by atoms with Crippen LogP contribution in [0.2, 0.25) is 0 Å². The lowest BCUT2D eigenvalue weighted by atomic mass is 10.1. The van der Waals surface area contributed by atoms with E-state index in [1.807, 2.05) is 34.9 Å². The maximum Gasteiger partial charge on any atom is 0.410 e. The van der Waals surface area contributed by atoms with Crippen molar-refractivity contribution >= 4 is 23.9 Å². The third-order valence-corrected chi connectivity index (χ3v) is 5.62. The number of methoxy groups -OCH3 is 1. The molecule has 214 valence electrons. The first kappa shape index (κ1) is 31.2. The fraction of sp³-hybridized carbons (Fsp3) is 0.520. The fourth-order valence-corrected chi connectivity index (χ4v) is 3.50. The molecule has 0 radical (unpaired) electrons. The molecule has 0 saturated heterocycles. The van der Waals surface area contributed by atoms with Gasteiger partial charge in [-0.3, -0.25) is 19.3 Å². The van der Waals surface area contributed by atoms with Gasteiger partial charge < -0.3 is 35.1 Å². The van der Waals surface area contributed by atoms with Crippen LogP contribution in [0.25, 0.3) is 0 Å². The zero-order chi connectivity index (χ0) is 27.7. The van der Waals surface area contributed by atoms with Crippen LogP contribution in [0.1, 0.15) is 44.5 Å². The number of rotatable bonds is 11. The topological polar surface area (TPSA) is 180 Å². The molecular formula is C25H37N7O7. The molecule has 39 heavy (non-hydrogen) atoms. The van der Waals surface area contributed by atoms with Gasteiger partial charge in [0, 0.05) is 13.1 Å². The van der Waals surface area contributed by atoms with Gasteiger partial charge in [0.15, 0.2) is 18.3 Å². The molecule has 14 nitrogen and oxygen atoms in total. The third kappa shape index (κ3) is 9.04. The van der Waals surface area contributed by atoms with Crippen LogP contribution in [0.3, 0.4) is 0 Å². The largest absolute Gasteiger partial charge is 0.468 e. The molecule has 1 aliphatic heterocycles. The van der Waals surface area contributed by atoms with Gasteiger partial charge in [0.05, 0.1) is 32.4 Å². The third-order valence-electron chi connectivity index (χ3n) is 5.62. The summed E-state index contributed by atoms with van der Waals surface area (Å²) in [4.78, 5) is 49.4. The Balaban J connectivity index is 0.00000533. The van der Waals surface area contributed by atoms with E-state index in [0.717, 1.165) is 5.56 Å². The Morgan fingerprint density at radius 3 is 2.51 bits per heavy atom. The van der Waals surface area contributed by atoms with Gasteiger partial charge in [-0.25, -0.2) is 4.79 Å². The second-order valence-electron chi connectivity index (χ2n) is 9.20. The number of hydrogen-bond donors (Lipinski definition) is 3. The van der Waals surface area contributed by atoms with Crippen molar-refractivity contribution < 1.29 is 33.4 Å². The number of nitrogens with two attached hydrogens (primary N) is 1. The van der Waals surface area contributed by atoms with E-state index in [9.17, 15) is 19.2 Å². The number of fused-ring (bicyclic) bond motifs is 1. The van der Waals surface area contributed by atoms with E-state index in [1.165, 1.54) is 12.0 Å². The number of carbonyl (C=O) groups excluding carboxylic acids is 4. The molecule has 0 unspecified atom stereocenters. The Morgan fingerprint density at radius 2 is 1.85 bits per heavy atom. The van der Waals surface area contributed by atoms with Crippen LogP contribution in [0, 0.1) is 0 Å². The van der Waals surface area contributed by atoms with E-state index in [-0.39, 0.29) is 39.6 Å². The average Bonchev–Trinajstić information content (AvgIpc) is 3.33. The first-order chi connectivity index (χ1) is 18.1. The summed E-state index contributed by atoms with van der Waals surface area (Å²) < 4.78 is 17.2. The number of aromatic nitrogens is 3. The zero-order valence-electron chi connectivity index (χ0n) is 21.6. The molecule has 2 heterocycles. The SMILES string of the molecule is C.COC(=O)CNC(=O)COC(=O)N1CCn2c(nnc2[C@@H](COCc2ccccc2)NC(=O)C(C)(C)N)C1. The van der Waals surface area contributed by atoms with Gasteiger partial charge >= 0.3 is 12.1 Å². The molecule has 1 atom stereocenters. The molecule has 3 rings (SSSR count). The van der Waals surface area contributed by atoms with E-state index in [2.05, 4.69) is 25.6 Å². The summed E-state index contributed by atoms with van der Waals surface area (Å²) in [5, 5.41) is 13.6. The summed E-state index contributed by atoms with van der Waals surface area (Å²) in [7, 11) is 1.20. The fourth-order valence-electron chi connectivity index (χ4n) is 3.50. The number of nitrogens with zero attached hydrogens (tertiary/aromatic N) is 4. The van der Waals surface area contributed by atoms with E-state index in [0.29, 0.717) is 24.8 Å². The molecule has 1 aromatic heterocycles. The molecule has 14 heteroatoms. The monoisotopic (exact) mass is 547 g/mol. The molecule has 0 fully saturated rings. The van der Waals surface area contributed by atoms with Crippen LogP contribution in [-0.2, 0) is 48.3 Å². The number of nitrogens with one attached hydrogen (secondary N) is 2. The summed E-state index contributed by atoms with van der Waals surface area (Å²) in [6, 6.07) is 8.98. The lowest BCUT2D eigenvalue weighted by molar-refractivity contribution is -0.141. The lowest BCUT2D eigenvalue weighted by Gasteiger charge is -2.29. The summed E-state index contributed by atoms with van der Waals surface area (Å²) in [5.41, 5.74) is 5.84. The molecule has 0 saturated carbocycles. The first-order valence-corrected chi connectivity index (χ1v) is 12.0. The van der Waals surface area contributed by atoms with Crippen LogP contribution >= 0.6 is 0 Å². The minimum Gasteiger partial charge on any atom is -0.468 e. The number of ether oxygens (including phenoxy) is 3. The summed E-state index contributed by atoms with van der Waals surface area (Å²) in [5.74, 6) is -0.683. The van der Waals surface area contributed by atoms with Crippen LogP contribution in [0.5, 0.6) is 0 Å². The molecule has 1 aliphatic rings. The molecule has 0 spiro atoms. The summed E-state index contributed by atoms with van der Waals surface area (Å²) in [6.45, 7) is 3.47. The van der Waals surface area contributed by atoms with Gasteiger partial charge in [-0.15, -0.1) is 10.2 Å². The molecular weight excluding hydrogens is 510 g/mol. The zero-order valence-corrected chi connectivity index (χ0v) is 21.6. The van der Waals surface area contributed by atoms with Gasteiger partial charge in [0.1, 0.15) is 12.6 Å². The number of hydrogen-bond acceptors (Lipinski definition) is 10. The highest BCUT2D eigenvalue weighted by atomic mass is 16.6. The minimum atomic E-state index is -1.12. The highest BCUT2D eigenvalue weighted by Crippen LogP contribution is 2.20. The number of benzene rings is 1. The predicted molar refractivity (Wildman–Crippen MR) is 139 cm³/mol. The van der Waals surface area contributed by atoms with Gasteiger partial charge in [0.25, 0.3) is 5.91 Å². The summed E-state index contributed by atoms with van der Waals surface area (Å²) >= 11 is 0. The highest BCUT2D eigenvalue weighted by molar-refractivity contribution is 5.85. The normalized spacial score (nSPS) is 13.4. The molecule has 3 amide bonds. The Hall–Kier alpha value is -4.04. The van der Waals surface area contributed by atoms with Gasteiger partial charge in [-0.05, 0) is 19.4 Å². The summed E-state index contributed by atoms with van der Waals surface area (Å²) in [6.07, 6.45) is -0.713. The molecule has 2 aromatic rings. The Kier molecular flexibility index (Phi) is 11.4. The average molecular weight is 548 g/mol. The van der Waals surface area contributed by atoms with Gasteiger partial charge in [0.2, 0.25) is 5.91 Å². The van der Waals surface area contributed by atoms with Crippen molar-refractivity contribution in [2.45, 2.75) is 52.6 Å². The quantitative estimate of drug-likeness (QED) is 0.330. The molecule has 0 aliphatic carbocycles. The molecule has 4 N–H and O–H groups in total. The number of carbonyl (C=O) groups is 4. The lowest BCUT2D eigenvalue weighted by Crippen LogP contribution is -2.51. The van der Waals surface area contributed by atoms with Gasteiger partial charge in [-0.1, -0.05) is 37.8 Å². The van der Waals surface area contributed by atoms with Crippen molar-refractivity contribution in [3.8, 4) is 0 Å². The second-order valence-corrected chi connectivity index (χ2v) is 9.20. The smallest absolute Gasteiger partial charge is 0.410 e. The van der Waals surface area contributed by atoms with Crippen LogP contribution in [0.4, 0.5) is 4.79 Å². The Labute approximate surface area is 227 Å². The second kappa shape index (κ2) is 14.2. The van der Waals surface area contributed by atoms with Crippen molar-refractivity contribution in [2.24, 2.45) is 5.73 Å². The first-order valence-electron chi connectivity index (χ1n) is 12.0. The van der Waals surface area contributed by atoms with Crippen molar-refractivity contribution in [3.05, 3.63) is 47.5 Å². The van der Waals surface area contributed by atoms with E-state index in [4.69, 9.17) is 15.2 Å². The maximum atomic E-state index is 12.7. The molecule has 0 bridgehead atoms. The van der Waals surface area contributed by atoms with Crippen molar-refractivity contribution in [1.29, 1.82) is 0 Å². The van der Waals surface area contributed by atoms with Crippen molar-refractivity contribution in [3.63, 3.8) is 0 Å². The van der Waals surface area contributed by atoms with Crippen LogP contribution in [0.15, 0.2) is 30.3 Å². The van der Waals surface area contributed by atoms with E-state index < -0.39 is 36.2 Å². The predicted octanol–water partition coefficient (Wildman–Crippen LogP) is 0.267. The number of amides is 3. The van der Waals surface area contributed by atoms with E-state index >= 15 is 0 Å². The molecule has 1 aromatic carbocycles. The van der Waals surface area contributed by atoms with E-state index in [1.54, 1.807) is 13.8 Å². The van der Waals surface area contributed by atoms with Crippen molar-refractivity contribution in [2.75, 3.05) is 33.4 Å². The van der Waals surface area contributed by atoms with Gasteiger partial charge in [-0.2, -0.15) is 0 Å². The standard InChI is InChI=1S/C24H33N7O7.CH4/c1-24(2,25)22(34)27-17(14-37-13-16-7-5-4-6-8-16)21-29-28-18-12-30(9-10-31(18)21)23(35)38-15-19(32)26-11-20(33)36-3;/h4-8,17H,9-15,25H2,1-3H3,(H,26,32)(H,27,34);1H4/t17-;/m1./s1. The Bertz CT molecular complexity index is 1130. The van der Waals surface area contributed by atoms with Crippen LogP contribution in [-0.4, -0.2) is 82.5 Å². The number of esters is 1. The maximum absolute atomic E-state index is 12.7.